The summed E-state index contributed by atoms with van der Waals surface area (Å²) in [5.41, 5.74) is 5.20. The zero-order chi connectivity index (χ0) is 8.97. The maximum atomic E-state index is 10.3. The lowest BCUT2D eigenvalue weighted by Gasteiger charge is -1.98. The second-order valence-electron chi connectivity index (χ2n) is 2.07. The van der Waals surface area contributed by atoms with E-state index in [0.29, 0.717) is 13.1 Å². The van der Waals surface area contributed by atoms with Crippen LogP contribution < -0.4 is 11.1 Å². The van der Waals surface area contributed by atoms with Gasteiger partial charge in [-0.15, -0.1) is 0 Å². The average Bonchev–Trinajstić information content (AvgIpc) is 2.48. The number of anilines is 1. The summed E-state index contributed by atoms with van der Waals surface area (Å²) in [5, 5.41) is 13.0. The van der Waals surface area contributed by atoms with Crippen LogP contribution in [0.15, 0.2) is 6.33 Å². The van der Waals surface area contributed by atoms with Gasteiger partial charge in [-0.05, 0) is 4.92 Å². The summed E-state index contributed by atoms with van der Waals surface area (Å²) in [6.07, 6.45) is 1.26. The Morgan fingerprint density at radius 3 is 3.17 bits per heavy atom. The molecule has 0 fully saturated rings. The molecule has 0 aliphatic carbocycles. The first-order chi connectivity index (χ1) is 5.75. The van der Waals surface area contributed by atoms with E-state index in [9.17, 15) is 10.1 Å². The van der Waals surface area contributed by atoms with Crippen molar-refractivity contribution in [1.82, 2.24) is 9.97 Å². The van der Waals surface area contributed by atoms with Crippen LogP contribution in [0.3, 0.4) is 0 Å². The first kappa shape index (κ1) is 8.47. The molecule has 0 unspecified atom stereocenters. The van der Waals surface area contributed by atoms with Gasteiger partial charge in [-0.2, -0.15) is 4.98 Å². The number of aromatic amines is 1. The molecule has 1 aromatic rings. The van der Waals surface area contributed by atoms with Crippen LogP contribution in [0.2, 0.25) is 0 Å². The molecule has 0 aromatic carbocycles. The summed E-state index contributed by atoms with van der Waals surface area (Å²) in [7, 11) is 0. The molecule has 1 aromatic heterocycles. The van der Waals surface area contributed by atoms with E-state index in [-0.39, 0.29) is 11.6 Å². The van der Waals surface area contributed by atoms with Crippen molar-refractivity contribution in [2.24, 2.45) is 5.73 Å². The largest absolute Gasteiger partial charge is 0.364 e. The van der Waals surface area contributed by atoms with Crippen LogP contribution in [0.5, 0.6) is 0 Å². The van der Waals surface area contributed by atoms with Gasteiger partial charge in [0, 0.05) is 13.1 Å². The Hall–Kier alpha value is -1.63. The lowest BCUT2D eigenvalue weighted by atomic mass is 10.6. The fourth-order valence-electron chi connectivity index (χ4n) is 0.747. The van der Waals surface area contributed by atoms with Crippen molar-refractivity contribution >= 4 is 11.6 Å². The minimum Gasteiger partial charge on any atom is -0.362 e. The number of rotatable bonds is 4. The van der Waals surface area contributed by atoms with Gasteiger partial charge < -0.3 is 21.2 Å². The maximum Gasteiger partial charge on any atom is 0.364 e. The molecule has 0 radical (unpaired) electrons. The number of nitrogens with zero attached hydrogens (tertiary/aromatic N) is 2. The highest BCUT2D eigenvalue weighted by molar-refractivity contribution is 5.50. The van der Waals surface area contributed by atoms with Gasteiger partial charge in [0.1, 0.15) is 0 Å². The molecule has 1 heterocycles. The van der Waals surface area contributed by atoms with Crippen molar-refractivity contribution in [2.75, 3.05) is 18.4 Å². The molecule has 0 saturated carbocycles. The first-order valence-electron chi connectivity index (χ1n) is 3.37. The van der Waals surface area contributed by atoms with Crippen LogP contribution >= 0.6 is 0 Å². The van der Waals surface area contributed by atoms with Gasteiger partial charge in [0.2, 0.25) is 5.82 Å². The third-order valence-corrected chi connectivity index (χ3v) is 1.24. The predicted molar refractivity (Wildman–Crippen MR) is 42.8 cm³/mol. The minimum absolute atomic E-state index is 0.136. The second-order valence-corrected chi connectivity index (χ2v) is 2.07. The van der Waals surface area contributed by atoms with E-state index in [1.807, 2.05) is 0 Å². The monoisotopic (exact) mass is 171 g/mol. The van der Waals surface area contributed by atoms with E-state index in [4.69, 9.17) is 5.73 Å². The number of nitro groups is 1. The lowest BCUT2D eigenvalue weighted by molar-refractivity contribution is -0.388. The van der Waals surface area contributed by atoms with Gasteiger partial charge in [0.25, 0.3) is 0 Å². The van der Waals surface area contributed by atoms with E-state index >= 15 is 0 Å². The van der Waals surface area contributed by atoms with Crippen LogP contribution in [-0.4, -0.2) is 28.0 Å². The molecule has 7 heteroatoms. The number of imidazole rings is 1. The van der Waals surface area contributed by atoms with Gasteiger partial charge in [-0.25, -0.2) is 4.98 Å². The van der Waals surface area contributed by atoms with Gasteiger partial charge in [-0.3, -0.25) is 0 Å². The fraction of sp³-hybridized carbons (Fsp3) is 0.400. The van der Waals surface area contributed by atoms with Crippen molar-refractivity contribution in [3.63, 3.8) is 0 Å². The smallest absolute Gasteiger partial charge is 0.362 e. The summed E-state index contributed by atoms with van der Waals surface area (Å²) in [6, 6.07) is 0. The quantitative estimate of drug-likeness (QED) is 0.425. The Morgan fingerprint density at radius 2 is 2.58 bits per heavy atom. The SMILES string of the molecule is NCCNc1nc[nH]c1[N+](=O)[O-]. The highest BCUT2D eigenvalue weighted by atomic mass is 16.6. The van der Waals surface area contributed by atoms with E-state index in [2.05, 4.69) is 15.3 Å². The maximum absolute atomic E-state index is 10.3. The van der Waals surface area contributed by atoms with E-state index in [1.54, 1.807) is 0 Å². The Balaban J connectivity index is 2.70. The molecule has 66 valence electrons. The number of nitrogens with one attached hydrogen (secondary N) is 2. The Labute approximate surface area is 68.1 Å². The van der Waals surface area contributed by atoms with Gasteiger partial charge in [0.05, 0.1) is 0 Å². The van der Waals surface area contributed by atoms with Crippen LogP contribution in [-0.2, 0) is 0 Å². The highest BCUT2D eigenvalue weighted by Gasteiger charge is 2.13. The molecule has 0 atom stereocenters. The standard InChI is InChI=1S/C5H9N5O2/c6-1-2-7-4-5(10(11)12)9-3-8-4/h3,7H,1-2,6H2,(H,8,9). The van der Waals surface area contributed by atoms with Crippen molar-refractivity contribution in [1.29, 1.82) is 0 Å². The summed E-state index contributed by atoms with van der Waals surface area (Å²) >= 11 is 0. The average molecular weight is 171 g/mol. The third kappa shape index (κ3) is 1.70. The summed E-state index contributed by atoms with van der Waals surface area (Å²) in [5.74, 6) is 0.0916. The summed E-state index contributed by atoms with van der Waals surface area (Å²) in [4.78, 5) is 15.9. The number of nitrogens with two attached hydrogens (primary N) is 1. The van der Waals surface area contributed by atoms with E-state index < -0.39 is 4.92 Å². The van der Waals surface area contributed by atoms with Gasteiger partial charge in [0.15, 0.2) is 6.33 Å². The molecule has 1 rings (SSSR count). The topological polar surface area (TPSA) is 110 Å². The zero-order valence-corrected chi connectivity index (χ0v) is 6.28. The minimum atomic E-state index is -0.536. The van der Waals surface area contributed by atoms with Gasteiger partial charge in [-0.1, -0.05) is 0 Å². The number of H-pyrrole nitrogens is 1. The summed E-state index contributed by atoms with van der Waals surface area (Å²) in [6.45, 7) is 0.871. The van der Waals surface area contributed by atoms with Crippen molar-refractivity contribution < 1.29 is 4.92 Å². The molecular weight excluding hydrogens is 162 g/mol. The lowest BCUT2D eigenvalue weighted by Crippen LogP contribution is -2.13. The molecule has 0 aliphatic rings. The molecular formula is C5H9N5O2. The Bertz CT molecular complexity index is 271. The summed E-state index contributed by atoms with van der Waals surface area (Å²) < 4.78 is 0. The van der Waals surface area contributed by atoms with Crippen molar-refractivity contribution in [2.45, 2.75) is 0 Å². The van der Waals surface area contributed by atoms with Crippen LogP contribution in [0, 0.1) is 10.1 Å². The number of hydrogen-bond acceptors (Lipinski definition) is 5. The zero-order valence-electron chi connectivity index (χ0n) is 6.28. The molecule has 0 aliphatic heterocycles. The molecule has 0 amide bonds. The molecule has 7 nitrogen and oxygen atoms in total. The molecule has 0 saturated heterocycles. The third-order valence-electron chi connectivity index (χ3n) is 1.24. The predicted octanol–water partition coefficient (Wildman–Crippen LogP) is -0.312. The first-order valence-corrected chi connectivity index (χ1v) is 3.37. The van der Waals surface area contributed by atoms with Crippen molar-refractivity contribution in [3.05, 3.63) is 16.4 Å². The molecule has 12 heavy (non-hydrogen) atoms. The van der Waals surface area contributed by atoms with Gasteiger partial charge >= 0.3 is 5.82 Å². The van der Waals surface area contributed by atoms with E-state index in [0.717, 1.165) is 0 Å². The Morgan fingerprint density at radius 1 is 1.83 bits per heavy atom. The van der Waals surface area contributed by atoms with Crippen LogP contribution in [0.4, 0.5) is 11.6 Å². The molecule has 0 spiro atoms. The molecule has 4 N–H and O–H groups in total. The van der Waals surface area contributed by atoms with Crippen molar-refractivity contribution in [3.8, 4) is 0 Å². The number of aromatic nitrogens is 2. The fourth-order valence-corrected chi connectivity index (χ4v) is 0.747. The van der Waals surface area contributed by atoms with E-state index in [1.165, 1.54) is 6.33 Å². The number of hydrogen-bond donors (Lipinski definition) is 3. The highest BCUT2D eigenvalue weighted by Crippen LogP contribution is 2.16. The normalized spacial score (nSPS) is 9.75. The second kappa shape index (κ2) is 3.67. The Kier molecular flexibility index (Phi) is 2.59. The van der Waals surface area contributed by atoms with Crippen LogP contribution in [0.1, 0.15) is 0 Å². The molecule has 0 bridgehead atoms. The van der Waals surface area contributed by atoms with Crippen LogP contribution in [0.25, 0.3) is 0 Å².